The fourth-order valence-corrected chi connectivity index (χ4v) is 4.78. The molecule has 0 aliphatic carbocycles. The van der Waals surface area contributed by atoms with Crippen molar-refractivity contribution in [2.75, 3.05) is 34.7 Å². The Bertz CT molecular complexity index is 975. The Morgan fingerprint density at radius 3 is 2.50 bits per heavy atom. The van der Waals surface area contributed by atoms with E-state index in [1.54, 1.807) is 36.0 Å². The molecule has 2 N–H and O–H groups in total. The van der Waals surface area contributed by atoms with Gasteiger partial charge in [-0.2, -0.15) is 0 Å². The summed E-state index contributed by atoms with van der Waals surface area (Å²) in [6.07, 6.45) is 2.61. The predicted molar refractivity (Wildman–Crippen MR) is 111 cm³/mol. The van der Waals surface area contributed by atoms with E-state index in [1.807, 2.05) is 30.5 Å². The van der Waals surface area contributed by atoms with E-state index in [0.29, 0.717) is 24.3 Å². The molecule has 0 fully saturated rings. The highest BCUT2D eigenvalue weighted by atomic mass is 32.2. The van der Waals surface area contributed by atoms with Crippen molar-refractivity contribution in [2.45, 2.75) is 11.3 Å². The molecule has 1 aliphatic heterocycles. The molecule has 0 saturated carbocycles. The number of amides is 2. The maximum atomic E-state index is 12.6. The number of nitrogens with zero attached hydrogens (tertiary/aromatic N) is 1. The largest absolute Gasteiger partial charge is 0.347 e. The van der Waals surface area contributed by atoms with E-state index in [-0.39, 0.29) is 12.3 Å². The first kappa shape index (κ1) is 20.2. The summed E-state index contributed by atoms with van der Waals surface area (Å²) in [5, 5.41) is 4.86. The van der Waals surface area contributed by atoms with Gasteiger partial charge in [0.25, 0.3) is 0 Å². The molecule has 0 aromatic heterocycles. The van der Waals surface area contributed by atoms with Crippen molar-refractivity contribution >= 4 is 45.0 Å². The second kappa shape index (κ2) is 8.66. The summed E-state index contributed by atoms with van der Waals surface area (Å²) in [5.41, 5.74) is 2.17. The molecule has 0 saturated heterocycles. The van der Waals surface area contributed by atoms with Crippen molar-refractivity contribution in [1.82, 2.24) is 5.32 Å². The zero-order chi connectivity index (χ0) is 20.1. The number of hydrogen-bond donors (Lipinski definition) is 2. The fourth-order valence-electron chi connectivity index (χ4n) is 2.94. The van der Waals surface area contributed by atoms with Gasteiger partial charge in [-0.05, 0) is 48.6 Å². The number of benzene rings is 2. The number of para-hydroxylation sites is 1. The van der Waals surface area contributed by atoms with Crippen LogP contribution < -0.4 is 14.9 Å². The van der Waals surface area contributed by atoms with Crippen molar-refractivity contribution in [3.8, 4) is 0 Å². The number of thioether (sulfide) groups is 1. The van der Waals surface area contributed by atoms with E-state index in [9.17, 15) is 18.0 Å². The summed E-state index contributed by atoms with van der Waals surface area (Å²) < 4.78 is 26.5. The van der Waals surface area contributed by atoms with Crippen LogP contribution in [0.3, 0.4) is 0 Å². The Labute approximate surface area is 168 Å². The maximum Gasteiger partial charge on any atom is 0.313 e. The van der Waals surface area contributed by atoms with Crippen molar-refractivity contribution in [3.05, 3.63) is 54.1 Å². The monoisotopic (exact) mass is 419 g/mol. The molecule has 148 valence electrons. The van der Waals surface area contributed by atoms with Gasteiger partial charge in [-0.1, -0.05) is 18.2 Å². The summed E-state index contributed by atoms with van der Waals surface area (Å²) >= 11 is 1.57. The molecule has 0 atom stereocenters. The molecular weight excluding hydrogens is 398 g/mol. The van der Waals surface area contributed by atoms with Gasteiger partial charge in [0.15, 0.2) is 0 Å². The molecule has 1 aliphatic rings. The van der Waals surface area contributed by atoms with Gasteiger partial charge in [0.2, 0.25) is 10.0 Å². The highest BCUT2D eigenvalue weighted by molar-refractivity contribution is 7.98. The van der Waals surface area contributed by atoms with Crippen LogP contribution >= 0.6 is 11.8 Å². The minimum Gasteiger partial charge on any atom is -0.347 e. The van der Waals surface area contributed by atoms with Crippen LogP contribution in [0.15, 0.2) is 53.4 Å². The Balaban J connectivity index is 1.51. The molecule has 1 heterocycles. The summed E-state index contributed by atoms with van der Waals surface area (Å²) in [4.78, 5) is 24.9. The lowest BCUT2D eigenvalue weighted by molar-refractivity contribution is -0.136. The third-order valence-electron chi connectivity index (χ3n) is 4.38. The molecule has 7 nitrogen and oxygen atoms in total. The number of carbonyl (C=O) groups is 2. The number of rotatable bonds is 6. The molecule has 0 unspecified atom stereocenters. The van der Waals surface area contributed by atoms with Crippen LogP contribution in [0.4, 0.5) is 11.4 Å². The number of hydrogen-bond acceptors (Lipinski definition) is 5. The molecule has 3 rings (SSSR count). The van der Waals surface area contributed by atoms with E-state index in [1.165, 1.54) is 4.31 Å². The Kier molecular flexibility index (Phi) is 6.25. The zero-order valence-corrected chi connectivity index (χ0v) is 17.0. The molecule has 0 spiro atoms. The number of carbonyl (C=O) groups excluding carboxylic acids is 2. The van der Waals surface area contributed by atoms with Crippen LogP contribution in [-0.2, 0) is 26.0 Å². The van der Waals surface area contributed by atoms with Gasteiger partial charge in [-0.25, -0.2) is 8.42 Å². The van der Waals surface area contributed by atoms with Crippen LogP contribution in [-0.4, -0.2) is 45.3 Å². The van der Waals surface area contributed by atoms with Gasteiger partial charge in [-0.15, -0.1) is 11.8 Å². The first-order valence-corrected chi connectivity index (χ1v) is 11.6. The SMILES string of the molecule is CSc1ccc(NC(=O)C(=O)NCCS(=O)(=O)N2CCc3ccccc32)cc1. The van der Waals surface area contributed by atoms with E-state index < -0.39 is 21.8 Å². The fraction of sp³-hybridized carbons (Fsp3) is 0.263. The quantitative estimate of drug-likeness (QED) is 0.550. The van der Waals surface area contributed by atoms with Crippen LogP contribution in [0.5, 0.6) is 0 Å². The smallest absolute Gasteiger partial charge is 0.313 e. The maximum absolute atomic E-state index is 12.6. The Hall–Kier alpha value is -2.52. The first-order valence-electron chi connectivity index (χ1n) is 8.72. The van der Waals surface area contributed by atoms with Gasteiger partial charge < -0.3 is 10.6 Å². The molecule has 2 aromatic carbocycles. The van der Waals surface area contributed by atoms with Gasteiger partial charge in [0.1, 0.15) is 0 Å². The molecule has 28 heavy (non-hydrogen) atoms. The molecule has 2 amide bonds. The third-order valence-corrected chi connectivity index (χ3v) is 6.89. The predicted octanol–water partition coefficient (Wildman–Crippen LogP) is 1.86. The number of nitrogens with one attached hydrogen (secondary N) is 2. The second-order valence-electron chi connectivity index (χ2n) is 6.21. The van der Waals surface area contributed by atoms with E-state index in [4.69, 9.17) is 0 Å². The van der Waals surface area contributed by atoms with Crippen LogP contribution in [0, 0.1) is 0 Å². The van der Waals surface area contributed by atoms with Crippen LogP contribution in [0.25, 0.3) is 0 Å². The van der Waals surface area contributed by atoms with Crippen molar-refractivity contribution < 1.29 is 18.0 Å². The number of fused-ring (bicyclic) bond motifs is 1. The average molecular weight is 420 g/mol. The lowest BCUT2D eigenvalue weighted by atomic mass is 10.2. The Morgan fingerprint density at radius 1 is 1.07 bits per heavy atom. The summed E-state index contributed by atoms with van der Waals surface area (Å²) in [7, 11) is -3.58. The first-order chi connectivity index (χ1) is 13.4. The lowest BCUT2D eigenvalue weighted by Crippen LogP contribution is -2.40. The van der Waals surface area contributed by atoms with E-state index >= 15 is 0 Å². The Morgan fingerprint density at radius 2 is 1.79 bits per heavy atom. The van der Waals surface area contributed by atoms with Gasteiger partial charge in [0, 0.05) is 23.7 Å². The number of sulfonamides is 1. The van der Waals surface area contributed by atoms with Gasteiger partial charge in [-0.3, -0.25) is 13.9 Å². The van der Waals surface area contributed by atoms with Gasteiger partial charge in [0.05, 0.1) is 11.4 Å². The zero-order valence-electron chi connectivity index (χ0n) is 15.3. The molecular formula is C19H21N3O4S2. The molecule has 2 aromatic rings. The molecule has 9 heteroatoms. The van der Waals surface area contributed by atoms with E-state index in [2.05, 4.69) is 10.6 Å². The molecule has 0 bridgehead atoms. The number of anilines is 2. The van der Waals surface area contributed by atoms with Crippen LogP contribution in [0.2, 0.25) is 0 Å². The van der Waals surface area contributed by atoms with Crippen molar-refractivity contribution in [3.63, 3.8) is 0 Å². The normalized spacial score (nSPS) is 13.1. The second-order valence-corrected chi connectivity index (χ2v) is 9.10. The summed E-state index contributed by atoms with van der Waals surface area (Å²) in [6, 6.07) is 14.4. The highest BCUT2D eigenvalue weighted by Gasteiger charge is 2.29. The van der Waals surface area contributed by atoms with E-state index in [0.717, 1.165) is 10.5 Å². The minimum absolute atomic E-state index is 0.140. The molecule has 0 radical (unpaired) electrons. The van der Waals surface area contributed by atoms with Crippen molar-refractivity contribution in [1.29, 1.82) is 0 Å². The standard InChI is InChI=1S/C19H21N3O4S2/c1-27-16-8-6-15(7-9-16)21-19(24)18(23)20-11-13-28(25,26)22-12-10-14-4-2-3-5-17(14)22/h2-9H,10-13H2,1H3,(H,20,23)(H,21,24). The lowest BCUT2D eigenvalue weighted by Gasteiger charge is -2.19. The highest BCUT2D eigenvalue weighted by Crippen LogP contribution is 2.29. The minimum atomic E-state index is -3.58. The van der Waals surface area contributed by atoms with Gasteiger partial charge >= 0.3 is 11.8 Å². The van der Waals surface area contributed by atoms with Crippen LogP contribution in [0.1, 0.15) is 5.56 Å². The summed E-state index contributed by atoms with van der Waals surface area (Å²) in [6.45, 7) is 0.251. The average Bonchev–Trinajstić information content (AvgIpc) is 3.13. The third kappa shape index (κ3) is 4.66. The van der Waals surface area contributed by atoms with Crippen molar-refractivity contribution in [2.24, 2.45) is 0 Å². The topological polar surface area (TPSA) is 95.6 Å². The summed E-state index contributed by atoms with van der Waals surface area (Å²) in [5.74, 6) is -1.98.